The van der Waals surface area contributed by atoms with Crippen LogP contribution in [0.4, 0.5) is 17.2 Å². The molecule has 4 rings (SSSR count). The maximum atomic E-state index is 12.1. The summed E-state index contributed by atoms with van der Waals surface area (Å²) in [7, 11) is 0. The Balaban J connectivity index is 1.33. The predicted molar refractivity (Wildman–Crippen MR) is 119 cm³/mol. The molecule has 0 radical (unpaired) electrons. The number of nitrogens with one attached hydrogen (secondary N) is 2. The van der Waals surface area contributed by atoms with Crippen molar-refractivity contribution in [1.82, 2.24) is 19.5 Å². The second-order valence-electron chi connectivity index (χ2n) is 6.35. The quantitative estimate of drug-likeness (QED) is 0.419. The minimum absolute atomic E-state index is 0.181. The molecule has 0 saturated heterocycles. The van der Waals surface area contributed by atoms with Gasteiger partial charge >= 0.3 is 0 Å². The molecule has 2 heterocycles. The zero-order valence-corrected chi connectivity index (χ0v) is 17.5. The molecule has 156 valence electrons. The summed E-state index contributed by atoms with van der Waals surface area (Å²) in [4.78, 5) is 24.6. The van der Waals surface area contributed by atoms with Crippen LogP contribution in [-0.4, -0.2) is 32.0 Å². The van der Waals surface area contributed by atoms with Crippen molar-refractivity contribution < 1.29 is 9.53 Å². The molecule has 10 heteroatoms. The van der Waals surface area contributed by atoms with Crippen molar-refractivity contribution in [2.45, 2.75) is 0 Å². The molecule has 0 aliphatic rings. The third-order valence-corrected chi connectivity index (χ3v) is 4.65. The second-order valence-corrected chi connectivity index (χ2v) is 7.19. The molecule has 0 saturated carbocycles. The van der Waals surface area contributed by atoms with Crippen LogP contribution in [0.1, 0.15) is 0 Å². The molecule has 0 spiro atoms. The number of rotatable bonds is 7. The average Bonchev–Trinajstić information content (AvgIpc) is 3.30. The number of carbonyl (C=O) groups is 1. The summed E-state index contributed by atoms with van der Waals surface area (Å²) in [6.45, 7) is -0.181. The summed E-state index contributed by atoms with van der Waals surface area (Å²) >= 11 is 11.9. The number of ether oxygens (including phenoxy) is 1. The Morgan fingerprint density at radius 1 is 1.03 bits per heavy atom. The van der Waals surface area contributed by atoms with Gasteiger partial charge in [0.1, 0.15) is 30.0 Å². The molecule has 0 aliphatic heterocycles. The van der Waals surface area contributed by atoms with E-state index in [1.165, 1.54) is 6.33 Å². The smallest absolute Gasteiger partial charge is 0.262 e. The van der Waals surface area contributed by atoms with Crippen molar-refractivity contribution in [3.63, 3.8) is 0 Å². The first-order valence-electron chi connectivity index (χ1n) is 9.12. The lowest BCUT2D eigenvalue weighted by atomic mass is 10.2. The van der Waals surface area contributed by atoms with Crippen molar-refractivity contribution in [3.8, 4) is 11.6 Å². The highest BCUT2D eigenvalue weighted by molar-refractivity contribution is 6.35. The summed E-state index contributed by atoms with van der Waals surface area (Å²) in [5.41, 5.74) is 1.43. The first-order valence-corrected chi connectivity index (χ1v) is 9.87. The number of benzene rings is 2. The highest BCUT2D eigenvalue weighted by Gasteiger charge is 2.08. The monoisotopic (exact) mass is 454 g/mol. The lowest BCUT2D eigenvalue weighted by Gasteiger charge is -2.10. The summed E-state index contributed by atoms with van der Waals surface area (Å²) in [5.74, 6) is 1.40. The van der Waals surface area contributed by atoms with Gasteiger partial charge in [-0.3, -0.25) is 9.36 Å². The van der Waals surface area contributed by atoms with Gasteiger partial charge in [-0.05, 0) is 42.5 Å². The number of carbonyl (C=O) groups excluding carboxylic acids is 1. The molecular weight excluding hydrogens is 439 g/mol. The van der Waals surface area contributed by atoms with E-state index in [0.717, 1.165) is 5.69 Å². The SMILES string of the molecule is O=C(COc1ccc(Cl)cc1Cl)Nc1ccc(Nc2cc(-n3ccnc3)ncn2)cc1. The molecule has 2 aromatic carbocycles. The van der Waals surface area contributed by atoms with E-state index < -0.39 is 0 Å². The second kappa shape index (κ2) is 9.46. The molecular formula is C21H16Cl2N6O2. The fourth-order valence-electron chi connectivity index (χ4n) is 2.67. The van der Waals surface area contributed by atoms with Gasteiger partial charge in [0.15, 0.2) is 6.61 Å². The molecule has 1 amide bonds. The van der Waals surface area contributed by atoms with Crippen LogP contribution in [-0.2, 0) is 4.79 Å². The number of anilines is 3. The topological polar surface area (TPSA) is 94.0 Å². The highest BCUT2D eigenvalue weighted by Crippen LogP contribution is 2.27. The van der Waals surface area contributed by atoms with E-state index >= 15 is 0 Å². The van der Waals surface area contributed by atoms with E-state index in [1.54, 1.807) is 59.7 Å². The lowest BCUT2D eigenvalue weighted by molar-refractivity contribution is -0.118. The fraction of sp³-hybridized carbons (Fsp3) is 0.0476. The standard InChI is InChI=1S/C21H16Cl2N6O2/c22-14-1-6-18(17(23)9-14)31-11-21(30)28-16-4-2-15(3-5-16)27-19-10-20(26-12-25-19)29-8-7-24-13-29/h1-10,12-13H,11H2,(H,28,30)(H,25,26,27). The van der Waals surface area contributed by atoms with Gasteiger partial charge in [0, 0.05) is 34.9 Å². The molecule has 0 bridgehead atoms. The zero-order chi connectivity index (χ0) is 21.6. The van der Waals surface area contributed by atoms with Gasteiger partial charge in [0.05, 0.1) is 5.02 Å². The Hall–Kier alpha value is -3.62. The van der Waals surface area contributed by atoms with Crippen LogP contribution in [0.5, 0.6) is 5.75 Å². The molecule has 31 heavy (non-hydrogen) atoms. The van der Waals surface area contributed by atoms with Gasteiger partial charge in [-0.2, -0.15) is 0 Å². The van der Waals surface area contributed by atoms with Crippen LogP contribution in [0.25, 0.3) is 5.82 Å². The van der Waals surface area contributed by atoms with Crippen molar-refractivity contribution in [2.75, 3.05) is 17.2 Å². The van der Waals surface area contributed by atoms with Crippen LogP contribution in [0, 0.1) is 0 Å². The molecule has 2 N–H and O–H groups in total. The number of aromatic nitrogens is 4. The number of amides is 1. The lowest BCUT2D eigenvalue weighted by Crippen LogP contribution is -2.20. The molecule has 0 unspecified atom stereocenters. The van der Waals surface area contributed by atoms with Crippen molar-refractivity contribution in [1.29, 1.82) is 0 Å². The number of nitrogens with zero attached hydrogens (tertiary/aromatic N) is 4. The van der Waals surface area contributed by atoms with Gasteiger partial charge in [0.25, 0.3) is 5.91 Å². The summed E-state index contributed by atoms with van der Waals surface area (Å²) < 4.78 is 7.22. The van der Waals surface area contributed by atoms with Crippen molar-refractivity contribution in [3.05, 3.63) is 83.6 Å². The predicted octanol–water partition coefficient (Wildman–Crippen LogP) is 4.73. The number of imidazole rings is 1. The first kappa shape index (κ1) is 20.6. The van der Waals surface area contributed by atoms with Crippen LogP contribution >= 0.6 is 23.2 Å². The normalized spacial score (nSPS) is 10.5. The number of hydrogen-bond acceptors (Lipinski definition) is 6. The third kappa shape index (κ3) is 5.50. The largest absolute Gasteiger partial charge is 0.482 e. The maximum Gasteiger partial charge on any atom is 0.262 e. The average molecular weight is 455 g/mol. The summed E-state index contributed by atoms with van der Waals surface area (Å²) in [5, 5.41) is 6.80. The van der Waals surface area contributed by atoms with Crippen molar-refractivity contribution in [2.24, 2.45) is 0 Å². The highest BCUT2D eigenvalue weighted by atomic mass is 35.5. The minimum atomic E-state index is -0.312. The van der Waals surface area contributed by atoms with Crippen LogP contribution in [0.3, 0.4) is 0 Å². The Morgan fingerprint density at radius 3 is 2.58 bits per heavy atom. The van der Waals surface area contributed by atoms with Gasteiger partial charge in [-0.1, -0.05) is 23.2 Å². The molecule has 0 fully saturated rings. The Bertz CT molecular complexity index is 1180. The molecule has 2 aromatic heterocycles. The van der Waals surface area contributed by atoms with E-state index in [9.17, 15) is 4.79 Å². The maximum absolute atomic E-state index is 12.1. The molecule has 0 atom stereocenters. The molecule has 0 aliphatic carbocycles. The summed E-state index contributed by atoms with van der Waals surface area (Å²) in [6.07, 6.45) is 6.61. The summed E-state index contributed by atoms with van der Waals surface area (Å²) in [6, 6.07) is 13.8. The third-order valence-electron chi connectivity index (χ3n) is 4.12. The van der Waals surface area contributed by atoms with E-state index in [2.05, 4.69) is 25.6 Å². The van der Waals surface area contributed by atoms with Gasteiger partial charge < -0.3 is 15.4 Å². The van der Waals surface area contributed by atoms with Crippen LogP contribution in [0.2, 0.25) is 10.0 Å². The van der Waals surface area contributed by atoms with Gasteiger partial charge in [0.2, 0.25) is 0 Å². The van der Waals surface area contributed by atoms with E-state index in [1.807, 2.05) is 12.1 Å². The minimum Gasteiger partial charge on any atom is -0.482 e. The van der Waals surface area contributed by atoms with Crippen LogP contribution < -0.4 is 15.4 Å². The number of hydrogen-bond donors (Lipinski definition) is 2. The Morgan fingerprint density at radius 2 is 1.84 bits per heavy atom. The zero-order valence-electron chi connectivity index (χ0n) is 16.0. The van der Waals surface area contributed by atoms with Crippen LogP contribution in [0.15, 0.2) is 73.6 Å². The number of halogens is 2. The molecule has 4 aromatic rings. The first-order chi connectivity index (χ1) is 15.1. The Labute approximate surface area is 187 Å². The van der Waals surface area contributed by atoms with E-state index in [4.69, 9.17) is 27.9 Å². The Kier molecular flexibility index (Phi) is 6.30. The van der Waals surface area contributed by atoms with Crippen molar-refractivity contribution >= 4 is 46.3 Å². The van der Waals surface area contributed by atoms with E-state index in [-0.39, 0.29) is 12.5 Å². The van der Waals surface area contributed by atoms with E-state index in [0.29, 0.717) is 33.1 Å². The molecule has 8 nitrogen and oxygen atoms in total. The van der Waals surface area contributed by atoms with Gasteiger partial charge in [-0.15, -0.1) is 0 Å². The van der Waals surface area contributed by atoms with Gasteiger partial charge in [-0.25, -0.2) is 15.0 Å². The fourth-order valence-corrected chi connectivity index (χ4v) is 3.13.